The van der Waals surface area contributed by atoms with Crippen LogP contribution in [0.15, 0.2) is 42.5 Å². The molecule has 0 aromatic heterocycles. The summed E-state index contributed by atoms with van der Waals surface area (Å²) >= 11 is 0. The van der Waals surface area contributed by atoms with Gasteiger partial charge in [0.2, 0.25) is 0 Å². The fourth-order valence-electron chi connectivity index (χ4n) is 2.25. The van der Waals surface area contributed by atoms with Gasteiger partial charge in [-0.15, -0.1) is 6.42 Å². The largest absolute Gasteiger partial charge is 0.465 e. The summed E-state index contributed by atoms with van der Waals surface area (Å²) in [4.78, 5) is 11.5. The van der Waals surface area contributed by atoms with E-state index in [9.17, 15) is 4.79 Å². The van der Waals surface area contributed by atoms with Crippen LogP contribution in [-0.2, 0) is 11.2 Å². The summed E-state index contributed by atoms with van der Waals surface area (Å²) in [5.74, 6) is 2.22. The number of methoxy groups -OCH3 is 1. The van der Waals surface area contributed by atoms with Crippen LogP contribution in [0.25, 0.3) is 11.1 Å². The van der Waals surface area contributed by atoms with Crippen molar-refractivity contribution in [3.8, 4) is 23.5 Å². The van der Waals surface area contributed by atoms with E-state index in [0.29, 0.717) is 18.5 Å². The number of carbonyl (C=O) groups excluding carboxylic acids is 1. The Morgan fingerprint density at radius 2 is 1.91 bits per heavy atom. The second-order valence-corrected chi connectivity index (χ2v) is 4.94. The van der Waals surface area contributed by atoms with Gasteiger partial charge in [0.15, 0.2) is 0 Å². The summed E-state index contributed by atoms with van der Waals surface area (Å²) in [6.45, 7) is 0.569. The fraction of sp³-hybridized carbons (Fsp3) is 0.211. The minimum atomic E-state index is -0.357. The molecule has 3 nitrogen and oxygen atoms in total. The Morgan fingerprint density at radius 3 is 2.36 bits per heavy atom. The maximum atomic E-state index is 11.5. The minimum Gasteiger partial charge on any atom is -0.465 e. The first-order chi connectivity index (χ1) is 10.7. The molecule has 0 radical (unpaired) electrons. The topological polar surface area (TPSA) is 52.3 Å². The first-order valence-corrected chi connectivity index (χ1v) is 7.18. The second-order valence-electron chi connectivity index (χ2n) is 4.94. The molecular weight excluding hydrogens is 274 g/mol. The van der Waals surface area contributed by atoms with Gasteiger partial charge < -0.3 is 10.5 Å². The molecule has 0 atom stereocenters. The zero-order valence-electron chi connectivity index (χ0n) is 12.6. The highest BCUT2D eigenvalue weighted by Gasteiger charge is 2.13. The van der Waals surface area contributed by atoms with E-state index in [1.165, 1.54) is 18.2 Å². The van der Waals surface area contributed by atoms with Crippen molar-refractivity contribution in [3.63, 3.8) is 0 Å². The second kappa shape index (κ2) is 7.44. The van der Waals surface area contributed by atoms with Crippen molar-refractivity contribution in [1.82, 2.24) is 0 Å². The van der Waals surface area contributed by atoms with Gasteiger partial charge in [0, 0.05) is 5.56 Å². The smallest absolute Gasteiger partial charge is 0.338 e. The van der Waals surface area contributed by atoms with Gasteiger partial charge in [-0.2, -0.15) is 0 Å². The molecule has 0 aliphatic heterocycles. The SMILES string of the molecule is C#Cc1cccc(C(=O)OC)c1CCCN.c1cc2cc-2c1. The Balaban J connectivity index is 0.000000238. The molecule has 112 valence electrons. The molecule has 0 amide bonds. The van der Waals surface area contributed by atoms with Gasteiger partial charge in [0.25, 0.3) is 0 Å². The summed E-state index contributed by atoms with van der Waals surface area (Å²) in [5.41, 5.74) is 10.4. The standard InChI is InChI=1S/C13H15NO2.C6H4/c1-3-10-6-4-7-12(13(15)16-2)11(10)8-5-9-14;1-2-5-4-6(5)3-1/h1,4,6-7H,5,8-9,14H2,2H3;1-4H. The predicted molar refractivity (Wildman–Crippen MR) is 88.5 cm³/mol. The van der Waals surface area contributed by atoms with Crippen LogP contribution in [-0.4, -0.2) is 19.6 Å². The number of carbonyl (C=O) groups is 1. The Bertz CT molecular complexity index is 696. The molecule has 3 rings (SSSR count). The fourth-order valence-corrected chi connectivity index (χ4v) is 2.25. The van der Waals surface area contributed by atoms with Crippen LogP contribution in [0.3, 0.4) is 0 Å². The van der Waals surface area contributed by atoms with Crippen molar-refractivity contribution in [1.29, 1.82) is 0 Å². The van der Waals surface area contributed by atoms with Crippen LogP contribution in [0.4, 0.5) is 0 Å². The van der Waals surface area contributed by atoms with E-state index < -0.39 is 0 Å². The monoisotopic (exact) mass is 293 g/mol. The number of hydrogen-bond acceptors (Lipinski definition) is 3. The number of terminal acetylenes is 1. The van der Waals surface area contributed by atoms with Crippen molar-refractivity contribution in [2.45, 2.75) is 12.8 Å². The van der Waals surface area contributed by atoms with Gasteiger partial charge in [-0.1, -0.05) is 30.2 Å². The van der Waals surface area contributed by atoms with E-state index in [2.05, 4.69) is 30.2 Å². The summed E-state index contributed by atoms with van der Waals surface area (Å²) in [5, 5.41) is 0. The number of rotatable bonds is 4. The highest BCUT2D eigenvalue weighted by Crippen LogP contribution is 2.32. The average molecular weight is 293 g/mol. The molecule has 0 heterocycles. The third kappa shape index (κ3) is 3.75. The summed E-state index contributed by atoms with van der Waals surface area (Å²) in [7, 11) is 1.36. The molecule has 0 unspecified atom stereocenters. The van der Waals surface area contributed by atoms with Crippen LogP contribution >= 0.6 is 0 Å². The molecule has 1 aromatic carbocycles. The summed E-state index contributed by atoms with van der Waals surface area (Å²) in [6, 6.07) is 13.8. The number of fused-ring (bicyclic) bond motifs is 1. The zero-order valence-corrected chi connectivity index (χ0v) is 12.6. The third-order valence-electron chi connectivity index (χ3n) is 3.48. The van der Waals surface area contributed by atoms with E-state index >= 15 is 0 Å². The molecular formula is C19H19NO2. The number of hydrogen-bond donors (Lipinski definition) is 1. The summed E-state index contributed by atoms with van der Waals surface area (Å²) in [6.07, 6.45) is 6.89. The third-order valence-corrected chi connectivity index (χ3v) is 3.48. The summed E-state index contributed by atoms with van der Waals surface area (Å²) < 4.78 is 4.72. The number of ether oxygens (including phenoxy) is 1. The van der Waals surface area contributed by atoms with Crippen molar-refractivity contribution >= 4 is 5.97 Å². The maximum Gasteiger partial charge on any atom is 0.338 e. The van der Waals surface area contributed by atoms with E-state index in [0.717, 1.165) is 17.5 Å². The van der Waals surface area contributed by atoms with Crippen LogP contribution < -0.4 is 5.73 Å². The molecule has 0 bridgehead atoms. The lowest BCUT2D eigenvalue weighted by atomic mass is 9.97. The Labute approximate surface area is 131 Å². The lowest BCUT2D eigenvalue weighted by molar-refractivity contribution is 0.0599. The lowest BCUT2D eigenvalue weighted by Crippen LogP contribution is -2.09. The number of esters is 1. The van der Waals surface area contributed by atoms with Crippen molar-refractivity contribution in [3.05, 3.63) is 59.2 Å². The first kappa shape index (κ1) is 15.8. The normalized spacial score (nSPS) is 10.0. The Hall–Kier alpha value is -2.57. The van der Waals surface area contributed by atoms with E-state index in [-0.39, 0.29) is 5.97 Å². The predicted octanol–water partition coefficient (Wildman–Crippen LogP) is 3.01. The molecule has 2 aliphatic rings. The van der Waals surface area contributed by atoms with Gasteiger partial charge >= 0.3 is 5.97 Å². The first-order valence-electron chi connectivity index (χ1n) is 7.18. The molecule has 0 fully saturated rings. The van der Waals surface area contributed by atoms with Crippen LogP contribution in [0, 0.1) is 12.3 Å². The number of benzene rings is 2. The van der Waals surface area contributed by atoms with Crippen molar-refractivity contribution in [2.75, 3.05) is 13.7 Å². The maximum absolute atomic E-state index is 11.5. The van der Waals surface area contributed by atoms with Gasteiger partial charge in [0.1, 0.15) is 0 Å². The zero-order chi connectivity index (χ0) is 15.9. The molecule has 0 spiro atoms. The quantitative estimate of drug-likeness (QED) is 0.594. The lowest BCUT2D eigenvalue weighted by Gasteiger charge is -2.09. The Kier molecular flexibility index (Phi) is 5.35. The molecule has 3 heteroatoms. The molecule has 2 N–H and O–H groups in total. The van der Waals surface area contributed by atoms with E-state index in [1.54, 1.807) is 12.1 Å². The van der Waals surface area contributed by atoms with Gasteiger partial charge in [0.05, 0.1) is 12.7 Å². The van der Waals surface area contributed by atoms with Gasteiger partial charge in [-0.3, -0.25) is 0 Å². The van der Waals surface area contributed by atoms with Crippen molar-refractivity contribution in [2.24, 2.45) is 5.73 Å². The van der Waals surface area contributed by atoms with Crippen LogP contribution in [0.1, 0.15) is 27.9 Å². The molecule has 0 saturated heterocycles. The highest BCUT2D eigenvalue weighted by molar-refractivity contribution is 5.91. The average Bonchev–Trinajstić information content (AvgIpc) is 3.17. The van der Waals surface area contributed by atoms with Gasteiger partial charge in [-0.05, 0) is 54.3 Å². The van der Waals surface area contributed by atoms with E-state index in [4.69, 9.17) is 16.9 Å². The highest BCUT2D eigenvalue weighted by atomic mass is 16.5. The Morgan fingerprint density at radius 1 is 1.23 bits per heavy atom. The minimum absolute atomic E-state index is 0.357. The van der Waals surface area contributed by atoms with Gasteiger partial charge in [-0.25, -0.2) is 4.79 Å². The van der Waals surface area contributed by atoms with Crippen molar-refractivity contribution < 1.29 is 9.53 Å². The van der Waals surface area contributed by atoms with Crippen LogP contribution in [0.5, 0.6) is 0 Å². The number of nitrogens with two attached hydrogens (primary N) is 1. The van der Waals surface area contributed by atoms with E-state index in [1.807, 2.05) is 6.07 Å². The molecule has 0 saturated carbocycles. The molecule has 1 aromatic rings. The molecule has 2 aliphatic carbocycles. The molecule has 22 heavy (non-hydrogen) atoms. The van der Waals surface area contributed by atoms with Crippen LogP contribution in [0.2, 0.25) is 0 Å².